The molecule has 0 amide bonds. The van der Waals surface area contributed by atoms with Crippen molar-refractivity contribution in [2.45, 2.75) is 38.0 Å². The fourth-order valence-electron chi connectivity index (χ4n) is 1.89. The van der Waals surface area contributed by atoms with E-state index >= 15 is 0 Å². The fraction of sp³-hybridized carbons (Fsp3) is 0.667. The Bertz CT molecular complexity index is 418. The van der Waals surface area contributed by atoms with Crippen molar-refractivity contribution in [2.75, 3.05) is 13.2 Å². The lowest BCUT2D eigenvalue weighted by atomic mass is 10.1. The van der Waals surface area contributed by atoms with E-state index in [1.807, 2.05) is 6.08 Å². The molecule has 0 spiro atoms. The highest BCUT2D eigenvalue weighted by molar-refractivity contribution is 7.90. The zero-order valence-corrected chi connectivity index (χ0v) is 11.5. The van der Waals surface area contributed by atoms with E-state index in [-0.39, 0.29) is 12.6 Å². The van der Waals surface area contributed by atoms with Crippen LogP contribution in [0.2, 0.25) is 0 Å². The SMILES string of the molecule is C=CC1=CCN(S(=O)(=O)C(C)(C)C)[C@H]1CCO. The van der Waals surface area contributed by atoms with Gasteiger partial charge in [-0.25, -0.2) is 8.42 Å². The van der Waals surface area contributed by atoms with Crippen LogP contribution in [0.1, 0.15) is 27.2 Å². The number of aliphatic hydroxyl groups excluding tert-OH is 1. The van der Waals surface area contributed by atoms with Gasteiger partial charge in [0.05, 0.1) is 10.8 Å². The molecule has 0 aromatic carbocycles. The van der Waals surface area contributed by atoms with E-state index in [2.05, 4.69) is 6.58 Å². The van der Waals surface area contributed by atoms with Crippen LogP contribution < -0.4 is 0 Å². The summed E-state index contributed by atoms with van der Waals surface area (Å²) in [4.78, 5) is 0. The molecule has 0 aromatic rings. The number of rotatable bonds is 4. The van der Waals surface area contributed by atoms with Crippen molar-refractivity contribution < 1.29 is 13.5 Å². The van der Waals surface area contributed by atoms with Crippen LogP contribution in [0.5, 0.6) is 0 Å². The summed E-state index contributed by atoms with van der Waals surface area (Å²) in [5.74, 6) is 0. The second-order valence-electron chi connectivity index (χ2n) is 5.12. The van der Waals surface area contributed by atoms with Crippen LogP contribution in [0, 0.1) is 0 Å². The van der Waals surface area contributed by atoms with E-state index in [0.29, 0.717) is 13.0 Å². The number of aliphatic hydroxyl groups is 1. The average Bonchev–Trinajstić information content (AvgIpc) is 2.60. The maximum absolute atomic E-state index is 12.4. The summed E-state index contributed by atoms with van der Waals surface area (Å²) in [5.41, 5.74) is 0.881. The van der Waals surface area contributed by atoms with E-state index < -0.39 is 14.8 Å². The predicted octanol–water partition coefficient (Wildman–Crippen LogP) is 1.29. The predicted molar refractivity (Wildman–Crippen MR) is 69.1 cm³/mol. The number of nitrogens with zero attached hydrogens (tertiary/aromatic N) is 1. The molecule has 1 aliphatic heterocycles. The van der Waals surface area contributed by atoms with Gasteiger partial charge >= 0.3 is 0 Å². The zero-order chi connectivity index (χ0) is 13.3. The van der Waals surface area contributed by atoms with Crippen molar-refractivity contribution in [1.82, 2.24) is 4.31 Å². The Labute approximate surface area is 104 Å². The molecular weight excluding hydrogens is 238 g/mol. The van der Waals surface area contributed by atoms with Gasteiger partial charge in [0, 0.05) is 13.2 Å². The third-order valence-electron chi connectivity index (χ3n) is 2.96. The molecule has 0 saturated carbocycles. The molecule has 1 aliphatic rings. The molecule has 98 valence electrons. The standard InChI is InChI=1S/C12H21NO3S/c1-5-10-6-8-13(11(10)7-9-14)17(15,16)12(2,3)4/h5-6,11,14H,1,7-9H2,2-4H3/t11-/m0/s1. The maximum atomic E-state index is 12.4. The summed E-state index contributed by atoms with van der Waals surface area (Å²) in [6.07, 6.45) is 3.93. The third kappa shape index (κ3) is 2.61. The van der Waals surface area contributed by atoms with E-state index in [4.69, 9.17) is 5.11 Å². The minimum atomic E-state index is -3.37. The van der Waals surface area contributed by atoms with Crippen molar-refractivity contribution in [3.63, 3.8) is 0 Å². The monoisotopic (exact) mass is 259 g/mol. The molecule has 17 heavy (non-hydrogen) atoms. The van der Waals surface area contributed by atoms with Crippen LogP contribution in [0.4, 0.5) is 0 Å². The minimum Gasteiger partial charge on any atom is -0.396 e. The molecule has 0 radical (unpaired) electrons. The number of sulfonamides is 1. The average molecular weight is 259 g/mol. The molecule has 0 fully saturated rings. The van der Waals surface area contributed by atoms with Gasteiger partial charge < -0.3 is 5.11 Å². The first-order valence-electron chi connectivity index (χ1n) is 5.70. The highest BCUT2D eigenvalue weighted by Crippen LogP contribution is 2.30. The summed E-state index contributed by atoms with van der Waals surface area (Å²) >= 11 is 0. The Morgan fingerprint density at radius 2 is 2.18 bits per heavy atom. The Hall–Kier alpha value is -0.650. The van der Waals surface area contributed by atoms with Crippen LogP contribution in [0.25, 0.3) is 0 Å². The van der Waals surface area contributed by atoms with Gasteiger partial charge in [0.2, 0.25) is 10.0 Å². The summed E-state index contributed by atoms with van der Waals surface area (Å²) in [6.45, 7) is 9.07. The molecule has 0 aromatic heterocycles. The highest BCUT2D eigenvalue weighted by Gasteiger charge is 2.41. The Balaban J connectivity index is 3.06. The molecule has 0 bridgehead atoms. The van der Waals surface area contributed by atoms with E-state index in [1.54, 1.807) is 26.8 Å². The van der Waals surface area contributed by atoms with Crippen molar-refractivity contribution in [3.05, 3.63) is 24.3 Å². The van der Waals surface area contributed by atoms with E-state index in [9.17, 15) is 8.42 Å². The van der Waals surface area contributed by atoms with Gasteiger partial charge in [0.1, 0.15) is 0 Å². The van der Waals surface area contributed by atoms with Gasteiger partial charge in [0.15, 0.2) is 0 Å². The Morgan fingerprint density at radius 3 is 2.59 bits per heavy atom. The molecule has 1 rings (SSSR count). The fourth-order valence-corrected chi connectivity index (χ4v) is 3.43. The quantitative estimate of drug-likeness (QED) is 0.827. The topological polar surface area (TPSA) is 57.6 Å². The van der Waals surface area contributed by atoms with Gasteiger partial charge in [-0.15, -0.1) is 0 Å². The van der Waals surface area contributed by atoms with Gasteiger partial charge in [0.25, 0.3) is 0 Å². The number of hydrogen-bond donors (Lipinski definition) is 1. The van der Waals surface area contributed by atoms with Gasteiger partial charge in [-0.1, -0.05) is 18.7 Å². The summed E-state index contributed by atoms with van der Waals surface area (Å²) < 4.78 is 25.4. The summed E-state index contributed by atoms with van der Waals surface area (Å²) in [7, 11) is -3.37. The first-order chi connectivity index (χ1) is 7.75. The van der Waals surface area contributed by atoms with Crippen molar-refractivity contribution >= 4 is 10.0 Å². The van der Waals surface area contributed by atoms with E-state index in [0.717, 1.165) is 5.57 Å². The molecule has 1 N–H and O–H groups in total. The normalized spacial score (nSPS) is 22.6. The van der Waals surface area contributed by atoms with E-state index in [1.165, 1.54) is 4.31 Å². The maximum Gasteiger partial charge on any atom is 0.219 e. The first kappa shape index (κ1) is 14.4. The van der Waals surface area contributed by atoms with Crippen LogP contribution in [-0.2, 0) is 10.0 Å². The van der Waals surface area contributed by atoms with Gasteiger partial charge in [-0.05, 0) is 32.8 Å². The molecule has 4 nitrogen and oxygen atoms in total. The van der Waals surface area contributed by atoms with Gasteiger partial charge in [-0.2, -0.15) is 4.31 Å². The first-order valence-corrected chi connectivity index (χ1v) is 7.14. The minimum absolute atomic E-state index is 0.0357. The molecule has 1 heterocycles. The summed E-state index contributed by atoms with van der Waals surface area (Å²) in [6, 6.07) is -0.276. The van der Waals surface area contributed by atoms with Crippen LogP contribution in [0.3, 0.4) is 0 Å². The molecular formula is C12H21NO3S. The smallest absolute Gasteiger partial charge is 0.219 e. The lowest BCUT2D eigenvalue weighted by Gasteiger charge is -2.31. The van der Waals surface area contributed by atoms with Crippen LogP contribution in [-0.4, -0.2) is 41.8 Å². The lowest BCUT2D eigenvalue weighted by Crippen LogP contribution is -2.46. The van der Waals surface area contributed by atoms with Crippen molar-refractivity contribution in [2.24, 2.45) is 0 Å². The van der Waals surface area contributed by atoms with Gasteiger partial charge in [-0.3, -0.25) is 0 Å². The number of hydrogen-bond acceptors (Lipinski definition) is 3. The largest absolute Gasteiger partial charge is 0.396 e. The second-order valence-corrected chi connectivity index (χ2v) is 7.77. The lowest BCUT2D eigenvalue weighted by molar-refractivity contribution is 0.253. The molecule has 1 atom stereocenters. The molecule has 5 heteroatoms. The van der Waals surface area contributed by atoms with Crippen LogP contribution >= 0.6 is 0 Å². The van der Waals surface area contributed by atoms with Crippen LogP contribution in [0.15, 0.2) is 24.3 Å². The third-order valence-corrected chi connectivity index (χ3v) is 5.53. The Kier molecular flexibility index (Phi) is 4.17. The van der Waals surface area contributed by atoms with Crippen molar-refractivity contribution in [1.29, 1.82) is 0 Å². The summed E-state index contributed by atoms with van der Waals surface area (Å²) in [5, 5.41) is 9.04. The zero-order valence-electron chi connectivity index (χ0n) is 10.7. The van der Waals surface area contributed by atoms with Crippen molar-refractivity contribution in [3.8, 4) is 0 Å². The molecule has 0 saturated heterocycles. The highest BCUT2D eigenvalue weighted by atomic mass is 32.2. The molecule has 0 unspecified atom stereocenters. The Morgan fingerprint density at radius 1 is 1.59 bits per heavy atom. The second kappa shape index (κ2) is 4.92. The molecule has 0 aliphatic carbocycles.